The first kappa shape index (κ1) is 11.4. The SMILES string of the molecule is CC(C)(C)[C@H](N)C(=O)N1C[C@H]2C[C@H]2C1C#N. The Bertz CT molecular complexity index is 352. The summed E-state index contributed by atoms with van der Waals surface area (Å²) in [4.78, 5) is 13.9. The third kappa shape index (κ3) is 1.69. The van der Waals surface area contributed by atoms with E-state index in [-0.39, 0.29) is 17.4 Å². The lowest BCUT2D eigenvalue weighted by Crippen LogP contribution is -2.52. The van der Waals surface area contributed by atoms with Crippen LogP contribution in [0, 0.1) is 28.6 Å². The lowest BCUT2D eigenvalue weighted by atomic mass is 9.86. The molecule has 1 aliphatic carbocycles. The molecule has 1 heterocycles. The van der Waals surface area contributed by atoms with Crippen molar-refractivity contribution in [3.63, 3.8) is 0 Å². The second kappa shape index (κ2) is 3.46. The number of piperidine rings is 1. The average molecular weight is 221 g/mol. The molecule has 2 fully saturated rings. The lowest BCUT2D eigenvalue weighted by Gasteiger charge is -2.32. The van der Waals surface area contributed by atoms with E-state index in [0.29, 0.717) is 11.8 Å². The van der Waals surface area contributed by atoms with Gasteiger partial charge in [-0.1, -0.05) is 20.8 Å². The summed E-state index contributed by atoms with van der Waals surface area (Å²) in [6.45, 7) is 6.58. The summed E-state index contributed by atoms with van der Waals surface area (Å²) in [6, 6.07) is 1.50. The largest absolute Gasteiger partial charge is 0.325 e. The molecule has 1 saturated heterocycles. The molecule has 2 rings (SSSR count). The topological polar surface area (TPSA) is 70.1 Å². The third-order valence-electron chi connectivity index (χ3n) is 3.76. The van der Waals surface area contributed by atoms with Crippen LogP contribution in [-0.4, -0.2) is 29.4 Å². The van der Waals surface area contributed by atoms with Crippen LogP contribution in [0.2, 0.25) is 0 Å². The fraction of sp³-hybridized carbons (Fsp3) is 0.833. The summed E-state index contributed by atoms with van der Waals surface area (Å²) in [5.41, 5.74) is 5.70. The Balaban J connectivity index is 2.09. The molecule has 1 amide bonds. The Morgan fingerprint density at radius 2 is 2.19 bits per heavy atom. The summed E-state index contributed by atoms with van der Waals surface area (Å²) >= 11 is 0. The van der Waals surface area contributed by atoms with E-state index in [9.17, 15) is 4.79 Å². The van der Waals surface area contributed by atoms with Crippen LogP contribution in [0.25, 0.3) is 0 Å². The molecule has 1 saturated carbocycles. The number of nitriles is 1. The van der Waals surface area contributed by atoms with Gasteiger partial charge in [0.2, 0.25) is 5.91 Å². The summed E-state index contributed by atoms with van der Waals surface area (Å²) < 4.78 is 0. The van der Waals surface area contributed by atoms with Gasteiger partial charge >= 0.3 is 0 Å². The van der Waals surface area contributed by atoms with Gasteiger partial charge < -0.3 is 10.6 Å². The van der Waals surface area contributed by atoms with Crippen LogP contribution >= 0.6 is 0 Å². The van der Waals surface area contributed by atoms with E-state index in [1.54, 1.807) is 4.90 Å². The van der Waals surface area contributed by atoms with Crippen molar-refractivity contribution < 1.29 is 4.79 Å². The van der Waals surface area contributed by atoms with Gasteiger partial charge in [-0.3, -0.25) is 4.79 Å². The van der Waals surface area contributed by atoms with E-state index >= 15 is 0 Å². The van der Waals surface area contributed by atoms with Gasteiger partial charge in [0.25, 0.3) is 0 Å². The molecule has 1 aliphatic heterocycles. The molecule has 0 aromatic heterocycles. The number of nitrogens with zero attached hydrogens (tertiary/aromatic N) is 2. The number of amides is 1. The van der Waals surface area contributed by atoms with Crippen molar-refractivity contribution in [1.29, 1.82) is 5.26 Å². The van der Waals surface area contributed by atoms with Gasteiger partial charge in [-0.15, -0.1) is 0 Å². The predicted molar refractivity (Wildman–Crippen MR) is 60.1 cm³/mol. The molecule has 0 radical (unpaired) electrons. The molecular weight excluding hydrogens is 202 g/mol. The molecular formula is C12H19N3O. The van der Waals surface area contributed by atoms with Crippen molar-refractivity contribution in [3.8, 4) is 6.07 Å². The standard InChI is InChI=1S/C12H19N3O/c1-12(2,3)10(14)11(16)15-6-7-4-8(7)9(15)5-13/h7-10H,4,6,14H2,1-3H3/t7-,8-,9?,10-/m1/s1. The van der Waals surface area contributed by atoms with Gasteiger partial charge in [0.15, 0.2) is 0 Å². The molecule has 0 aromatic rings. The first-order chi connectivity index (χ1) is 7.36. The van der Waals surface area contributed by atoms with Gasteiger partial charge in [-0.25, -0.2) is 0 Å². The van der Waals surface area contributed by atoms with Crippen LogP contribution in [0.1, 0.15) is 27.2 Å². The minimum absolute atomic E-state index is 0.0637. The smallest absolute Gasteiger partial charge is 0.241 e. The molecule has 4 heteroatoms. The molecule has 88 valence electrons. The van der Waals surface area contributed by atoms with E-state index < -0.39 is 6.04 Å². The number of carbonyl (C=O) groups is 1. The summed E-state index contributed by atoms with van der Waals surface area (Å²) in [6.07, 6.45) is 1.10. The van der Waals surface area contributed by atoms with Crippen molar-refractivity contribution in [2.75, 3.05) is 6.54 Å². The van der Waals surface area contributed by atoms with Crippen molar-refractivity contribution in [3.05, 3.63) is 0 Å². The highest BCUT2D eigenvalue weighted by Gasteiger charge is 2.55. The van der Waals surface area contributed by atoms with Gasteiger partial charge in [0, 0.05) is 6.54 Å². The van der Waals surface area contributed by atoms with Crippen LogP contribution < -0.4 is 5.73 Å². The third-order valence-corrected chi connectivity index (χ3v) is 3.76. The fourth-order valence-corrected chi connectivity index (χ4v) is 2.41. The van der Waals surface area contributed by atoms with E-state index in [2.05, 4.69) is 6.07 Å². The average Bonchev–Trinajstić information content (AvgIpc) is 2.87. The number of rotatable bonds is 1. The zero-order valence-corrected chi connectivity index (χ0v) is 10.1. The number of likely N-dealkylation sites (tertiary alicyclic amines) is 1. The Kier molecular flexibility index (Phi) is 2.47. The van der Waals surface area contributed by atoms with E-state index in [0.717, 1.165) is 13.0 Å². The molecule has 0 aromatic carbocycles. The maximum atomic E-state index is 12.2. The Labute approximate surface area is 96.4 Å². The first-order valence-corrected chi connectivity index (χ1v) is 5.82. The normalized spacial score (nSPS) is 34.2. The van der Waals surface area contributed by atoms with Crippen LogP contribution in [-0.2, 0) is 4.79 Å². The van der Waals surface area contributed by atoms with Crippen molar-refractivity contribution >= 4 is 5.91 Å². The van der Waals surface area contributed by atoms with Gasteiger partial charge in [-0.05, 0) is 23.7 Å². The maximum absolute atomic E-state index is 12.2. The van der Waals surface area contributed by atoms with Crippen LogP contribution in [0.15, 0.2) is 0 Å². The van der Waals surface area contributed by atoms with Gasteiger partial charge in [0.05, 0.1) is 12.1 Å². The van der Waals surface area contributed by atoms with Gasteiger partial charge in [-0.2, -0.15) is 5.26 Å². The second-order valence-electron chi connectivity index (χ2n) is 6.07. The highest BCUT2D eigenvalue weighted by molar-refractivity contribution is 5.83. The molecule has 2 N–H and O–H groups in total. The number of hydrogen-bond donors (Lipinski definition) is 1. The maximum Gasteiger partial charge on any atom is 0.241 e. The minimum Gasteiger partial charge on any atom is -0.325 e. The van der Waals surface area contributed by atoms with Crippen molar-refractivity contribution in [2.24, 2.45) is 23.0 Å². The summed E-state index contributed by atoms with van der Waals surface area (Å²) in [5, 5.41) is 9.08. The highest BCUT2D eigenvalue weighted by Crippen LogP contribution is 2.49. The van der Waals surface area contributed by atoms with E-state index in [4.69, 9.17) is 11.0 Å². The molecule has 4 nitrogen and oxygen atoms in total. The number of nitrogens with two attached hydrogens (primary N) is 1. The molecule has 0 bridgehead atoms. The van der Waals surface area contributed by atoms with Crippen molar-refractivity contribution in [1.82, 2.24) is 4.90 Å². The number of carbonyl (C=O) groups excluding carboxylic acids is 1. The van der Waals surface area contributed by atoms with Crippen LogP contribution in [0.4, 0.5) is 0 Å². The predicted octanol–water partition coefficient (Wildman–Crippen LogP) is 0.730. The molecule has 16 heavy (non-hydrogen) atoms. The second-order valence-corrected chi connectivity index (χ2v) is 6.07. The summed E-state index contributed by atoms with van der Waals surface area (Å²) in [5.74, 6) is 0.910. The number of fused-ring (bicyclic) bond motifs is 1. The highest BCUT2D eigenvalue weighted by atomic mass is 16.2. The Morgan fingerprint density at radius 1 is 1.56 bits per heavy atom. The summed E-state index contributed by atoms with van der Waals surface area (Å²) in [7, 11) is 0. The minimum atomic E-state index is -0.513. The monoisotopic (exact) mass is 221 g/mol. The Hall–Kier alpha value is -1.08. The van der Waals surface area contributed by atoms with Gasteiger partial charge in [0.1, 0.15) is 6.04 Å². The molecule has 4 atom stereocenters. The zero-order valence-electron chi connectivity index (χ0n) is 10.1. The molecule has 2 aliphatic rings. The van der Waals surface area contributed by atoms with E-state index in [1.165, 1.54) is 0 Å². The Morgan fingerprint density at radius 3 is 2.69 bits per heavy atom. The quantitative estimate of drug-likeness (QED) is 0.709. The van der Waals surface area contributed by atoms with E-state index in [1.807, 2.05) is 20.8 Å². The van der Waals surface area contributed by atoms with Crippen LogP contribution in [0.3, 0.4) is 0 Å². The van der Waals surface area contributed by atoms with Crippen molar-refractivity contribution in [2.45, 2.75) is 39.3 Å². The van der Waals surface area contributed by atoms with Crippen LogP contribution in [0.5, 0.6) is 0 Å². The number of hydrogen-bond acceptors (Lipinski definition) is 3. The lowest BCUT2D eigenvalue weighted by molar-refractivity contribution is -0.135. The fourth-order valence-electron chi connectivity index (χ4n) is 2.41. The first-order valence-electron chi connectivity index (χ1n) is 5.82. The molecule has 1 unspecified atom stereocenters. The zero-order chi connectivity index (χ0) is 12.1. The molecule has 0 spiro atoms.